The van der Waals surface area contributed by atoms with Gasteiger partial charge in [0, 0.05) is 23.0 Å². The third-order valence-electron chi connectivity index (χ3n) is 3.64. The second-order valence-corrected chi connectivity index (χ2v) is 5.69. The van der Waals surface area contributed by atoms with Crippen LogP contribution < -0.4 is 11.3 Å². The van der Waals surface area contributed by atoms with Crippen LogP contribution in [-0.4, -0.2) is 10.9 Å². The monoisotopic (exact) mass is 284 g/mol. The molecule has 1 unspecified atom stereocenters. The lowest BCUT2D eigenvalue weighted by molar-refractivity contribution is -0.125. The van der Waals surface area contributed by atoms with Crippen LogP contribution in [-0.2, 0) is 11.2 Å². The zero-order valence-electron chi connectivity index (χ0n) is 12.3. The third kappa shape index (κ3) is 3.23. The van der Waals surface area contributed by atoms with E-state index in [2.05, 4.69) is 30.3 Å². The van der Waals surface area contributed by atoms with E-state index in [-0.39, 0.29) is 11.8 Å². The second kappa shape index (κ2) is 6.42. The van der Waals surface area contributed by atoms with E-state index in [9.17, 15) is 10.1 Å². The van der Waals surface area contributed by atoms with Gasteiger partial charge in [0.1, 0.15) is 0 Å². The van der Waals surface area contributed by atoms with Crippen molar-refractivity contribution in [2.45, 2.75) is 26.7 Å². The zero-order chi connectivity index (χ0) is 15.4. The first-order valence-corrected chi connectivity index (χ1v) is 7.06. The zero-order valence-corrected chi connectivity index (χ0v) is 12.3. The molecule has 0 radical (unpaired) electrons. The number of carbonyl (C=O) groups is 1. The first-order valence-electron chi connectivity index (χ1n) is 7.06. The first kappa shape index (κ1) is 15.1. The van der Waals surface area contributed by atoms with Crippen LogP contribution in [0.1, 0.15) is 31.4 Å². The van der Waals surface area contributed by atoms with E-state index in [1.807, 2.05) is 18.3 Å². The molecule has 0 bridgehead atoms. The standard InChI is InChI=1S/C16H20N4O/c1-10(2)6-12(16(21)20-18)7-13-9-19-14-5-3-4-11(8-17)15(13)14/h3-5,9-10,12,19H,6-7,18H2,1-2H3,(H,20,21). The van der Waals surface area contributed by atoms with Crippen LogP contribution in [0.3, 0.4) is 0 Å². The Morgan fingerprint density at radius 2 is 2.24 bits per heavy atom. The normalized spacial score (nSPS) is 12.3. The molecule has 2 aromatic rings. The summed E-state index contributed by atoms with van der Waals surface area (Å²) in [4.78, 5) is 15.1. The van der Waals surface area contributed by atoms with Crippen LogP contribution in [0.5, 0.6) is 0 Å². The highest BCUT2D eigenvalue weighted by atomic mass is 16.2. The number of carbonyl (C=O) groups excluding carboxylic acids is 1. The van der Waals surface area contributed by atoms with Gasteiger partial charge >= 0.3 is 0 Å². The fraction of sp³-hybridized carbons (Fsp3) is 0.375. The number of hydrogen-bond acceptors (Lipinski definition) is 3. The Labute approximate surface area is 124 Å². The van der Waals surface area contributed by atoms with Crippen molar-refractivity contribution < 1.29 is 4.79 Å². The number of H-pyrrole nitrogens is 1. The highest BCUT2D eigenvalue weighted by Gasteiger charge is 2.21. The molecule has 0 aliphatic rings. The van der Waals surface area contributed by atoms with Crippen molar-refractivity contribution in [3.05, 3.63) is 35.5 Å². The molecular weight excluding hydrogens is 264 g/mol. The SMILES string of the molecule is CC(C)CC(Cc1c[nH]c2cccc(C#N)c12)C(=O)NN. The summed E-state index contributed by atoms with van der Waals surface area (Å²) in [6.07, 6.45) is 3.20. The summed E-state index contributed by atoms with van der Waals surface area (Å²) in [5.41, 5.74) is 4.77. The summed E-state index contributed by atoms with van der Waals surface area (Å²) in [6, 6.07) is 7.78. The fourth-order valence-electron chi connectivity index (χ4n) is 2.75. The maximum absolute atomic E-state index is 12.0. The minimum absolute atomic E-state index is 0.160. The van der Waals surface area contributed by atoms with Crippen molar-refractivity contribution in [1.82, 2.24) is 10.4 Å². The van der Waals surface area contributed by atoms with Crippen LogP contribution >= 0.6 is 0 Å². The van der Waals surface area contributed by atoms with Gasteiger partial charge in [-0.15, -0.1) is 0 Å². The second-order valence-electron chi connectivity index (χ2n) is 5.69. The maximum Gasteiger partial charge on any atom is 0.237 e. The summed E-state index contributed by atoms with van der Waals surface area (Å²) in [5.74, 6) is 5.33. The van der Waals surface area contributed by atoms with Crippen LogP contribution in [0.4, 0.5) is 0 Å². The predicted octanol–water partition coefficient (Wildman–Crippen LogP) is 2.23. The molecule has 1 atom stereocenters. The minimum Gasteiger partial charge on any atom is -0.361 e. The Morgan fingerprint density at radius 1 is 1.48 bits per heavy atom. The molecule has 21 heavy (non-hydrogen) atoms. The van der Waals surface area contributed by atoms with Gasteiger partial charge in [-0.3, -0.25) is 10.2 Å². The molecule has 0 aliphatic carbocycles. The van der Waals surface area contributed by atoms with E-state index in [0.717, 1.165) is 22.9 Å². The van der Waals surface area contributed by atoms with E-state index in [0.29, 0.717) is 17.9 Å². The van der Waals surface area contributed by atoms with Gasteiger partial charge in [0.25, 0.3) is 0 Å². The lowest BCUT2D eigenvalue weighted by Crippen LogP contribution is -2.37. The number of fused-ring (bicyclic) bond motifs is 1. The Morgan fingerprint density at radius 3 is 2.86 bits per heavy atom. The van der Waals surface area contributed by atoms with Crippen molar-refractivity contribution in [3.63, 3.8) is 0 Å². The number of nitrogens with two attached hydrogens (primary N) is 1. The van der Waals surface area contributed by atoms with Gasteiger partial charge in [-0.25, -0.2) is 5.84 Å². The molecule has 4 N–H and O–H groups in total. The summed E-state index contributed by atoms with van der Waals surface area (Å²) in [5, 5.41) is 10.2. The predicted molar refractivity (Wildman–Crippen MR) is 82.0 cm³/mol. The number of nitriles is 1. The van der Waals surface area contributed by atoms with Crippen molar-refractivity contribution in [1.29, 1.82) is 5.26 Å². The van der Waals surface area contributed by atoms with E-state index >= 15 is 0 Å². The lowest BCUT2D eigenvalue weighted by Gasteiger charge is -2.17. The Kier molecular flexibility index (Phi) is 4.61. The van der Waals surface area contributed by atoms with Crippen molar-refractivity contribution >= 4 is 16.8 Å². The van der Waals surface area contributed by atoms with Crippen LogP contribution in [0, 0.1) is 23.2 Å². The average Bonchev–Trinajstić information content (AvgIpc) is 2.88. The van der Waals surface area contributed by atoms with Crippen LogP contribution in [0.2, 0.25) is 0 Å². The molecule has 0 fully saturated rings. The van der Waals surface area contributed by atoms with Gasteiger partial charge in [0.05, 0.1) is 11.6 Å². The summed E-state index contributed by atoms with van der Waals surface area (Å²) < 4.78 is 0. The van der Waals surface area contributed by atoms with E-state index in [1.165, 1.54) is 0 Å². The number of benzene rings is 1. The number of hydrazine groups is 1. The molecule has 5 heteroatoms. The van der Waals surface area contributed by atoms with Crippen molar-refractivity contribution in [3.8, 4) is 6.07 Å². The van der Waals surface area contributed by atoms with Gasteiger partial charge in [0.2, 0.25) is 5.91 Å². The topological polar surface area (TPSA) is 94.7 Å². The molecule has 1 heterocycles. The quantitative estimate of drug-likeness (QED) is 0.446. The molecule has 0 aliphatic heterocycles. The van der Waals surface area contributed by atoms with Gasteiger partial charge < -0.3 is 4.98 Å². The molecule has 2 rings (SSSR count). The number of hydrogen-bond donors (Lipinski definition) is 3. The van der Waals surface area contributed by atoms with Crippen LogP contribution in [0.25, 0.3) is 10.9 Å². The molecular formula is C16H20N4O. The molecule has 5 nitrogen and oxygen atoms in total. The number of aromatic nitrogens is 1. The minimum atomic E-state index is -0.194. The highest BCUT2D eigenvalue weighted by molar-refractivity contribution is 5.89. The molecule has 0 spiro atoms. The van der Waals surface area contributed by atoms with Gasteiger partial charge in [-0.2, -0.15) is 5.26 Å². The summed E-state index contributed by atoms with van der Waals surface area (Å²) in [7, 11) is 0. The Hall–Kier alpha value is -2.32. The molecule has 1 amide bonds. The van der Waals surface area contributed by atoms with Gasteiger partial charge in [0.15, 0.2) is 0 Å². The highest BCUT2D eigenvalue weighted by Crippen LogP contribution is 2.26. The maximum atomic E-state index is 12.0. The first-order chi connectivity index (χ1) is 10.1. The summed E-state index contributed by atoms with van der Waals surface area (Å²) >= 11 is 0. The number of nitrogens with one attached hydrogen (secondary N) is 2. The smallest absolute Gasteiger partial charge is 0.237 e. The van der Waals surface area contributed by atoms with E-state index in [1.54, 1.807) is 6.07 Å². The fourth-order valence-corrected chi connectivity index (χ4v) is 2.75. The van der Waals surface area contributed by atoms with E-state index in [4.69, 9.17) is 5.84 Å². The van der Waals surface area contributed by atoms with Crippen molar-refractivity contribution in [2.75, 3.05) is 0 Å². The number of amides is 1. The number of nitrogens with zero attached hydrogens (tertiary/aromatic N) is 1. The van der Waals surface area contributed by atoms with Crippen LogP contribution in [0.15, 0.2) is 24.4 Å². The Bertz CT molecular complexity index is 681. The van der Waals surface area contributed by atoms with E-state index < -0.39 is 0 Å². The molecule has 0 saturated carbocycles. The Balaban J connectivity index is 2.37. The summed E-state index contributed by atoms with van der Waals surface area (Å²) in [6.45, 7) is 4.15. The third-order valence-corrected chi connectivity index (χ3v) is 3.64. The van der Waals surface area contributed by atoms with Gasteiger partial charge in [-0.1, -0.05) is 19.9 Å². The molecule has 1 aromatic heterocycles. The van der Waals surface area contributed by atoms with Crippen molar-refractivity contribution in [2.24, 2.45) is 17.7 Å². The molecule has 110 valence electrons. The molecule has 0 saturated heterocycles. The number of rotatable bonds is 5. The lowest BCUT2D eigenvalue weighted by atomic mass is 9.89. The number of aromatic amines is 1. The van der Waals surface area contributed by atoms with Gasteiger partial charge in [-0.05, 0) is 36.5 Å². The largest absolute Gasteiger partial charge is 0.361 e. The average molecular weight is 284 g/mol. The molecule has 1 aromatic carbocycles.